The molecule has 1 aromatic heterocycles. The van der Waals surface area contributed by atoms with Gasteiger partial charge in [-0.1, -0.05) is 30.0 Å². The lowest BCUT2D eigenvalue weighted by atomic mass is 10.1. The number of alkyl halides is 3. The van der Waals surface area contributed by atoms with E-state index in [0.29, 0.717) is 5.16 Å². The smallest absolute Gasteiger partial charge is 0.323 e. The predicted octanol–water partition coefficient (Wildman–Crippen LogP) is 4.06. The summed E-state index contributed by atoms with van der Waals surface area (Å²) in [5.74, 6) is -0.990. The topological polar surface area (TPSA) is 80.1 Å². The van der Waals surface area contributed by atoms with E-state index in [1.54, 1.807) is 17.8 Å². The van der Waals surface area contributed by atoms with Gasteiger partial charge in [0, 0.05) is 0 Å². The van der Waals surface area contributed by atoms with Gasteiger partial charge < -0.3 is 5.32 Å². The lowest BCUT2D eigenvalue weighted by molar-refractivity contribution is -0.137. The number of fused-ring (bicyclic) bond motifs is 1. The summed E-state index contributed by atoms with van der Waals surface area (Å²) < 4.78 is 40.9. The Hall–Kier alpha value is -3.34. The normalized spacial score (nSPS) is 14.7. The summed E-state index contributed by atoms with van der Waals surface area (Å²) in [6.45, 7) is 3.31. The van der Waals surface area contributed by atoms with E-state index in [0.717, 1.165) is 35.1 Å². The minimum absolute atomic E-state index is 0.0512. The van der Waals surface area contributed by atoms with E-state index in [2.05, 4.69) is 15.5 Å². The molecule has 1 atom stereocenters. The lowest BCUT2D eigenvalue weighted by Gasteiger charge is -2.31. The Labute approximate surface area is 185 Å². The molecule has 1 aliphatic heterocycles. The Kier molecular flexibility index (Phi) is 5.68. The van der Waals surface area contributed by atoms with E-state index < -0.39 is 28.8 Å². The Balaban J connectivity index is 1.59. The predicted molar refractivity (Wildman–Crippen MR) is 114 cm³/mol. The number of hydrogen-bond acceptors (Lipinski definition) is 5. The number of nitrogens with one attached hydrogen (secondary N) is 1. The maximum absolute atomic E-state index is 13.2. The molecule has 0 spiro atoms. The van der Waals surface area contributed by atoms with Crippen LogP contribution in [0.15, 0.2) is 53.9 Å². The van der Waals surface area contributed by atoms with Crippen molar-refractivity contribution in [1.29, 1.82) is 0 Å². The Bertz CT molecular complexity index is 1190. The highest BCUT2D eigenvalue weighted by Crippen LogP contribution is 2.38. The number of rotatable bonds is 4. The van der Waals surface area contributed by atoms with Crippen LogP contribution in [0.5, 0.6) is 0 Å². The number of carbonyl (C=O) groups excluding carboxylic acids is 2. The van der Waals surface area contributed by atoms with E-state index in [4.69, 9.17) is 0 Å². The van der Waals surface area contributed by atoms with E-state index >= 15 is 0 Å². The van der Waals surface area contributed by atoms with Crippen LogP contribution < -0.4 is 10.2 Å². The Morgan fingerprint density at radius 2 is 1.94 bits per heavy atom. The van der Waals surface area contributed by atoms with Crippen molar-refractivity contribution in [3.63, 3.8) is 0 Å². The Morgan fingerprint density at radius 1 is 1.19 bits per heavy atom. The molecule has 0 bridgehead atoms. The number of halogens is 3. The maximum Gasteiger partial charge on any atom is 0.416 e. The molecule has 1 aliphatic rings. The number of amides is 2. The van der Waals surface area contributed by atoms with Gasteiger partial charge in [0.05, 0.1) is 27.9 Å². The molecule has 2 amide bonds. The third-order valence-electron chi connectivity index (χ3n) is 4.98. The van der Waals surface area contributed by atoms with Gasteiger partial charge in [-0.15, -0.1) is 10.2 Å². The monoisotopic (exact) mass is 461 g/mol. The highest BCUT2D eigenvalue weighted by molar-refractivity contribution is 8.00. The van der Waals surface area contributed by atoms with Crippen LogP contribution in [0.25, 0.3) is 5.69 Å². The quantitative estimate of drug-likeness (QED) is 0.593. The minimum atomic E-state index is -4.56. The molecule has 2 heterocycles. The average Bonchev–Trinajstić information content (AvgIpc) is 3.19. The first kappa shape index (κ1) is 21.9. The van der Waals surface area contributed by atoms with Crippen molar-refractivity contribution in [3.8, 4) is 5.69 Å². The first-order valence-corrected chi connectivity index (χ1v) is 10.5. The van der Waals surface area contributed by atoms with Crippen LogP contribution in [0.4, 0.5) is 24.5 Å². The van der Waals surface area contributed by atoms with E-state index in [1.807, 2.05) is 31.2 Å². The van der Waals surface area contributed by atoms with Gasteiger partial charge in [0.1, 0.15) is 12.9 Å². The number of benzene rings is 2. The van der Waals surface area contributed by atoms with Gasteiger partial charge in [-0.3, -0.25) is 19.1 Å². The van der Waals surface area contributed by atoms with Crippen molar-refractivity contribution in [1.82, 2.24) is 14.8 Å². The number of hydrogen-bond donors (Lipinski definition) is 1. The van der Waals surface area contributed by atoms with Gasteiger partial charge in [-0.05, 0) is 43.7 Å². The summed E-state index contributed by atoms with van der Waals surface area (Å²) in [6, 6.07) is 10.6. The molecule has 166 valence electrons. The van der Waals surface area contributed by atoms with Gasteiger partial charge >= 0.3 is 6.18 Å². The maximum atomic E-state index is 13.2. The molecule has 0 aliphatic carbocycles. The summed E-state index contributed by atoms with van der Waals surface area (Å²) in [7, 11) is 0. The molecule has 0 radical (unpaired) electrons. The van der Waals surface area contributed by atoms with E-state index in [9.17, 15) is 22.8 Å². The van der Waals surface area contributed by atoms with Gasteiger partial charge in [-0.2, -0.15) is 13.2 Å². The Morgan fingerprint density at radius 3 is 2.66 bits per heavy atom. The number of anilines is 2. The van der Waals surface area contributed by atoms with E-state index in [1.165, 1.54) is 11.0 Å². The molecule has 2 aromatic carbocycles. The molecule has 0 saturated heterocycles. The molecular weight excluding hydrogens is 443 g/mol. The molecule has 0 saturated carbocycles. The number of aromatic nitrogens is 3. The molecular formula is C21H18F3N5O2S. The first-order valence-electron chi connectivity index (χ1n) is 9.60. The summed E-state index contributed by atoms with van der Waals surface area (Å²) in [6.07, 6.45) is -3.01. The number of carbonyl (C=O) groups is 2. The molecule has 3 aromatic rings. The fraction of sp³-hybridized carbons (Fsp3) is 0.238. The van der Waals surface area contributed by atoms with Crippen LogP contribution in [0, 0.1) is 6.92 Å². The fourth-order valence-electron chi connectivity index (χ4n) is 3.39. The highest BCUT2D eigenvalue weighted by Gasteiger charge is 2.35. The summed E-state index contributed by atoms with van der Waals surface area (Å²) in [5.41, 5.74) is 1.12. The van der Waals surface area contributed by atoms with Crippen LogP contribution >= 0.6 is 11.8 Å². The zero-order chi connectivity index (χ0) is 23.0. The van der Waals surface area contributed by atoms with Gasteiger partial charge in [0.25, 0.3) is 0 Å². The van der Waals surface area contributed by atoms with Gasteiger partial charge in [0.15, 0.2) is 5.16 Å². The molecule has 0 fully saturated rings. The minimum Gasteiger partial charge on any atom is -0.323 e. The number of nitrogens with zero attached hydrogens (tertiary/aromatic N) is 4. The van der Waals surface area contributed by atoms with E-state index in [-0.39, 0.29) is 17.9 Å². The number of thioether (sulfide) groups is 1. The highest BCUT2D eigenvalue weighted by atomic mass is 32.2. The zero-order valence-corrected chi connectivity index (χ0v) is 17.9. The molecule has 32 heavy (non-hydrogen) atoms. The third-order valence-corrected chi connectivity index (χ3v) is 6.02. The molecule has 1 unspecified atom stereocenters. The molecule has 1 N–H and O–H groups in total. The van der Waals surface area contributed by atoms with Crippen molar-refractivity contribution in [2.24, 2.45) is 0 Å². The van der Waals surface area contributed by atoms with Crippen LogP contribution in [-0.4, -0.2) is 38.4 Å². The SMILES string of the molecule is Cc1ccccc1-n1cnnc1SC(C)C(=O)N1CC(=O)Nc2cc(C(F)(F)F)ccc21. The molecule has 7 nitrogen and oxygen atoms in total. The van der Waals surface area contributed by atoms with Crippen molar-refractivity contribution in [2.45, 2.75) is 30.4 Å². The van der Waals surface area contributed by atoms with Crippen molar-refractivity contribution < 1.29 is 22.8 Å². The number of aryl methyl sites for hydroxylation is 1. The average molecular weight is 461 g/mol. The van der Waals surface area contributed by atoms with Crippen LogP contribution in [-0.2, 0) is 15.8 Å². The lowest BCUT2D eigenvalue weighted by Crippen LogP contribution is -2.45. The summed E-state index contributed by atoms with van der Waals surface area (Å²) in [5, 5.41) is 10.3. The fourth-order valence-corrected chi connectivity index (χ4v) is 4.29. The summed E-state index contributed by atoms with van der Waals surface area (Å²) in [4.78, 5) is 26.5. The van der Waals surface area contributed by atoms with Crippen LogP contribution in [0.3, 0.4) is 0 Å². The number of para-hydroxylation sites is 1. The van der Waals surface area contributed by atoms with Crippen molar-refractivity contribution in [2.75, 3.05) is 16.8 Å². The van der Waals surface area contributed by atoms with Crippen LogP contribution in [0.2, 0.25) is 0 Å². The molecule has 11 heteroatoms. The van der Waals surface area contributed by atoms with Crippen molar-refractivity contribution >= 4 is 35.0 Å². The first-order chi connectivity index (χ1) is 15.1. The summed E-state index contributed by atoms with van der Waals surface area (Å²) >= 11 is 1.15. The second-order valence-corrected chi connectivity index (χ2v) is 8.54. The third kappa shape index (κ3) is 4.20. The zero-order valence-electron chi connectivity index (χ0n) is 17.1. The van der Waals surface area contributed by atoms with Crippen LogP contribution in [0.1, 0.15) is 18.1 Å². The van der Waals surface area contributed by atoms with Gasteiger partial charge in [0.2, 0.25) is 11.8 Å². The largest absolute Gasteiger partial charge is 0.416 e. The molecule has 4 rings (SSSR count). The standard InChI is InChI=1S/C21H18F3N5O2S/c1-12-5-3-4-6-16(12)29-11-25-27-20(29)32-13(2)19(31)28-10-18(30)26-15-9-14(21(22,23)24)7-8-17(15)28/h3-9,11,13H,10H2,1-2H3,(H,26,30). The van der Waals surface area contributed by atoms with Crippen molar-refractivity contribution in [3.05, 3.63) is 59.9 Å². The second-order valence-electron chi connectivity index (χ2n) is 7.23. The second kappa shape index (κ2) is 8.30. The van der Waals surface area contributed by atoms with Gasteiger partial charge in [-0.25, -0.2) is 0 Å².